The standard InChI is InChI=1S/C16H24N2O/c1-11(2)13-6-5-12(3)14(9-13)16(19)15-10-18(4)8-7-17-15/h5-6,9,11,15,17H,7-8,10H2,1-4H3. The van der Waals surface area contributed by atoms with Crippen LogP contribution in [-0.4, -0.2) is 43.4 Å². The summed E-state index contributed by atoms with van der Waals surface area (Å²) in [5, 5.41) is 3.33. The summed E-state index contributed by atoms with van der Waals surface area (Å²) in [6, 6.07) is 6.19. The summed E-state index contributed by atoms with van der Waals surface area (Å²) in [4.78, 5) is 14.9. The van der Waals surface area contributed by atoms with Crippen molar-refractivity contribution in [2.24, 2.45) is 0 Å². The number of aryl methyl sites for hydroxylation is 1. The molecule has 0 spiro atoms. The first kappa shape index (κ1) is 14.2. The fourth-order valence-electron chi connectivity index (χ4n) is 2.52. The number of hydrogen-bond acceptors (Lipinski definition) is 3. The van der Waals surface area contributed by atoms with Crippen LogP contribution in [0.5, 0.6) is 0 Å². The molecular formula is C16H24N2O. The van der Waals surface area contributed by atoms with E-state index in [9.17, 15) is 4.79 Å². The Bertz CT molecular complexity index is 468. The van der Waals surface area contributed by atoms with Crippen molar-refractivity contribution in [1.82, 2.24) is 10.2 Å². The minimum Gasteiger partial charge on any atom is -0.305 e. The number of hydrogen-bond donors (Lipinski definition) is 1. The normalized spacial score (nSPS) is 20.8. The van der Waals surface area contributed by atoms with Gasteiger partial charge in [-0.15, -0.1) is 0 Å². The van der Waals surface area contributed by atoms with E-state index in [1.165, 1.54) is 5.56 Å². The first-order valence-corrected chi connectivity index (χ1v) is 7.05. The number of likely N-dealkylation sites (N-methyl/N-ethyl adjacent to an activating group) is 1. The van der Waals surface area contributed by atoms with Gasteiger partial charge in [0.15, 0.2) is 5.78 Å². The smallest absolute Gasteiger partial charge is 0.181 e. The lowest BCUT2D eigenvalue weighted by Crippen LogP contribution is -2.52. The number of rotatable bonds is 3. The lowest BCUT2D eigenvalue weighted by Gasteiger charge is -2.30. The molecule has 0 radical (unpaired) electrons. The van der Waals surface area contributed by atoms with Gasteiger partial charge in [0.25, 0.3) is 0 Å². The Kier molecular flexibility index (Phi) is 4.38. The molecule has 3 nitrogen and oxygen atoms in total. The highest BCUT2D eigenvalue weighted by Crippen LogP contribution is 2.20. The second kappa shape index (κ2) is 5.85. The summed E-state index contributed by atoms with van der Waals surface area (Å²) in [6.07, 6.45) is 0. The van der Waals surface area contributed by atoms with E-state index in [4.69, 9.17) is 0 Å². The average Bonchev–Trinajstić information content (AvgIpc) is 2.38. The minimum atomic E-state index is -0.0696. The van der Waals surface area contributed by atoms with Crippen molar-refractivity contribution in [3.8, 4) is 0 Å². The highest BCUT2D eigenvalue weighted by atomic mass is 16.1. The maximum atomic E-state index is 12.7. The van der Waals surface area contributed by atoms with E-state index in [1.807, 2.05) is 6.92 Å². The second-order valence-corrected chi connectivity index (χ2v) is 5.86. The summed E-state index contributed by atoms with van der Waals surface area (Å²) in [7, 11) is 2.07. The van der Waals surface area contributed by atoms with Crippen LogP contribution >= 0.6 is 0 Å². The third kappa shape index (κ3) is 3.23. The lowest BCUT2D eigenvalue weighted by atomic mass is 9.93. The fourth-order valence-corrected chi connectivity index (χ4v) is 2.52. The van der Waals surface area contributed by atoms with Crippen molar-refractivity contribution >= 4 is 5.78 Å². The molecule has 0 bridgehead atoms. The second-order valence-electron chi connectivity index (χ2n) is 5.86. The molecule has 2 rings (SSSR count). The number of Topliss-reactive ketones (excluding diaryl/α,β-unsaturated/α-hetero) is 1. The molecule has 0 aliphatic carbocycles. The van der Waals surface area contributed by atoms with E-state index in [2.05, 4.69) is 49.3 Å². The molecule has 0 aromatic heterocycles. The molecule has 1 atom stereocenters. The van der Waals surface area contributed by atoms with Crippen molar-refractivity contribution in [3.05, 3.63) is 34.9 Å². The highest BCUT2D eigenvalue weighted by Gasteiger charge is 2.25. The number of nitrogens with one attached hydrogen (secondary N) is 1. The van der Waals surface area contributed by atoms with Crippen LogP contribution in [0.25, 0.3) is 0 Å². The Morgan fingerprint density at radius 2 is 2.16 bits per heavy atom. The Morgan fingerprint density at radius 1 is 1.42 bits per heavy atom. The fraction of sp³-hybridized carbons (Fsp3) is 0.562. The van der Waals surface area contributed by atoms with Crippen LogP contribution < -0.4 is 5.32 Å². The van der Waals surface area contributed by atoms with E-state index in [1.54, 1.807) is 0 Å². The summed E-state index contributed by atoms with van der Waals surface area (Å²) >= 11 is 0. The van der Waals surface area contributed by atoms with Crippen LogP contribution in [0.3, 0.4) is 0 Å². The van der Waals surface area contributed by atoms with E-state index < -0.39 is 0 Å². The maximum Gasteiger partial charge on any atom is 0.181 e. The van der Waals surface area contributed by atoms with Crippen molar-refractivity contribution in [3.63, 3.8) is 0 Å². The lowest BCUT2D eigenvalue weighted by molar-refractivity contribution is 0.0893. The monoisotopic (exact) mass is 260 g/mol. The van der Waals surface area contributed by atoms with Gasteiger partial charge in [-0.3, -0.25) is 4.79 Å². The minimum absolute atomic E-state index is 0.0696. The number of carbonyl (C=O) groups excluding carboxylic acids is 1. The maximum absolute atomic E-state index is 12.7. The summed E-state index contributed by atoms with van der Waals surface area (Å²) < 4.78 is 0. The summed E-state index contributed by atoms with van der Waals surface area (Å²) in [6.45, 7) is 9.02. The van der Waals surface area contributed by atoms with Gasteiger partial charge >= 0.3 is 0 Å². The molecule has 1 heterocycles. The summed E-state index contributed by atoms with van der Waals surface area (Å²) in [5.74, 6) is 0.681. The third-order valence-electron chi connectivity index (χ3n) is 3.89. The quantitative estimate of drug-likeness (QED) is 0.846. The van der Waals surface area contributed by atoms with E-state index in [0.29, 0.717) is 5.92 Å². The molecule has 1 saturated heterocycles. The number of ketones is 1. The van der Waals surface area contributed by atoms with E-state index in [-0.39, 0.29) is 11.8 Å². The molecule has 1 aromatic carbocycles. The molecule has 1 N–H and O–H groups in total. The van der Waals surface area contributed by atoms with E-state index in [0.717, 1.165) is 30.8 Å². The van der Waals surface area contributed by atoms with Gasteiger partial charge in [0.05, 0.1) is 6.04 Å². The zero-order valence-corrected chi connectivity index (χ0v) is 12.4. The first-order valence-electron chi connectivity index (χ1n) is 7.05. The summed E-state index contributed by atoms with van der Waals surface area (Å²) in [5.41, 5.74) is 3.18. The number of carbonyl (C=O) groups is 1. The van der Waals surface area contributed by atoms with E-state index >= 15 is 0 Å². The van der Waals surface area contributed by atoms with Crippen molar-refractivity contribution in [2.45, 2.75) is 32.7 Å². The zero-order chi connectivity index (χ0) is 14.0. The van der Waals surface area contributed by atoms with Crippen LogP contribution in [0.1, 0.15) is 41.3 Å². The number of benzene rings is 1. The van der Waals surface area contributed by atoms with Gasteiger partial charge in [-0.1, -0.05) is 26.0 Å². The molecule has 1 aromatic rings. The number of piperazine rings is 1. The molecular weight excluding hydrogens is 236 g/mol. The highest BCUT2D eigenvalue weighted by molar-refractivity contribution is 6.01. The van der Waals surface area contributed by atoms with Gasteiger partial charge in [-0.05, 0) is 37.1 Å². The van der Waals surface area contributed by atoms with Gasteiger partial charge in [0.2, 0.25) is 0 Å². The van der Waals surface area contributed by atoms with Gasteiger partial charge in [0.1, 0.15) is 0 Å². The SMILES string of the molecule is Cc1ccc(C(C)C)cc1C(=O)C1CN(C)CCN1. The van der Waals surface area contributed by atoms with Crippen molar-refractivity contribution in [2.75, 3.05) is 26.7 Å². The molecule has 104 valence electrons. The predicted molar refractivity (Wildman–Crippen MR) is 78.9 cm³/mol. The van der Waals surface area contributed by atoms with Gasteiger partial charge < -0.3 is 10.2 Å². The molecule has 19 heavy (non-hydrogen) atoms. The first-order chi connectivity index (χ1) is 8.99. The molecule has 0 amide bonds. The molecule has 1 unspecified atom stereocenters. The molecule has 0 saturated carbocycles. The molecule has 3 heteroatoms. The van der Waals surface area contributed by atoms with Crippen LogP contribution in [-0.2, 0) is 0 Å². The zero-order valence-electron chi connectivity index (χ0n) is 12.4. The Labute approximate surface area is 116 Å². The molecule has 1 aliphatic rings. The average molecular weight is 260 g/mol. The molecule has 1 fully saturated rings. The Hall–Kier alpha value is -1.19. The van der Waals surface area contributed by atoms with Gasteiger partial charge in [-0.25, -0.2) is 0 Å². The number of nitrogens with zero attached hydrogens (tertiary/aromatic N) is 1. The van der Waals surface area contributed by atoms with Crippen molar-refractivity contribution < 1.29 is 4.79 Å². The van der Waals surface area contributed by atoms with Crippen molar-refractivity contribution in [1.29, 1.82) is 0 Å². The Balaban J connectivity index is 2.24. The van der Waals surface area contributed by atoms with Crippen LogP contribution in [0, 0.1) is 6.92 Å². The predicted octanol–water partition coefficient (Wildman–Crippen LogP) is 2.20. The van der Waals surface area contributed by atoms with Crippen LogP contribution in [0.4, 0.5) is 0 Å². The molecule has 1 aliphatic heterocycles. The van der Waals surface area contributed by atoms with Gasteiger partial charge in [-0.2, -0.15) is 0 Å². The third-order valence-corrected chi connectivity index (χ3v) is 3.89. The Morgan fingerprint density at radius 3 is 2.79 bits per heavy atom. The topological polar surface area (TPSA) is 32.3 Å². The van der Waals surface area contributed by atoms with Crippen LogP contribution in [0.15, 0.2) is 18.2 Å². The largest absolute Gasteiger partial charge is 0.305 e. The van der Waals surface area contributed by atoms with Gasteiger partial charge in [0, 0.05) is 25.2 Å². The van der Waals surface area contributed by atoms with Crippen LogP contribution in [0.2, 0.25) is 0 Å².